The molecule has 2 N–H and O–H groups in total. The molecule has 3 aromatic carbocycles. The van der Waals surface area contributed by atoms with Crippen molar-refractivity contribution in [2.24, 2.45) is 5.10 Å². The molecule has 0 bridgehead atoms. The Kier molecular flexibility index (Phi) is 7.41. The predicted molar refractivity (Wildman–Crippen MR) is 133 cm³/mol. The number of benzene rings is 3. The molecule has 32 heavy (non-hydrogen) atoms. The molecule has 0 saturated carbocycles. The summed E-state index contributed by atoms with van der Waals surface area (Å²) in [6, 6.07) is 21.5. The minimum absolute atomic E-state index is 0.125. The van der Waals surface area contributed by atoms with Gasteiger partial charge in [0, 0.05) is 11.3 Å². The van der Waals surface area contributed by atoms with Crippen molar-refractivity contribution >= 4 is 57.3 Å². The van der Waals surface area contributed by atoms with E-state index in [0.717, 1.165) is 14.4 Å². The van der Waals surface area contributed by atoms with Crippen LogP contribution in [0, 0.1) is 0 Å². The van der Waals surface area contributed by atoms with E-state index in [1.54, 1.807) is 43.0 Å². The van der Waals surface area contributed by atoms with E-state index in [4.69, 9.17) is 0 Å². The first-order chi connectivity index (χ1) is 15.6. The summed E-state index contributed by atoms with van der Waals surface area (Å²) < 4.78 is 1.61. The molecular weight excluding hydrogens is 460 g/mol. The van der Waals surface area contributed by atoms with E-state index < -0.39 is 0 Å². The minimum atomic E-state index is -0.245. The maximum absolute atomic E-state index is 12.1. The summed E-state index contributed by atoms with van der Waals surface area (Å²) in [4.78, 5) is 12.1. The highest BCUT2D eigenvalue weighted by molar-refractivity contribution is 8.03. The molecule has 0 aliphatic carbocycles. The Morgan fingerprint density at radius 3 is 2.56 bits per heavy atom. The number of carbonyl (C=O) groups is 1. The van der Waals surface area contributed by atoms with Gasteiger partial charge in [-0.1, -0.05) is 89.5 Å². The van der Waals surface area contributed by atoms with Crippen LogP contribution in [0.2, 0.25) is 0 Å². The number of nitrogens with one attached hydrogen (secondary N) is 1. The van der Waals surface area contributed by atoms with Crippen molar-refractivity contribution in [1.82, 2.24) is 15.6 Å². The van der Waals surface area contributed by atoms with Crippen molar-refractivity contribution in [3.8, 4) is 5.75 Å². The van der Waals surface area contributed by atoms with Crippen LogP contribution < -0.4 is 5.43 Å². The molecule has 9 heteroatoms. The molecule has 1 aromatic heterocycles. The molecule has 0 aliphatic heterocycles. The number of aromatic nitrogens is 2. The molecule has 0 unspecified atom stereocenters. The van der Waals surface area contributed by atoms with Crippen LogP contribution in [0.15, 0.2) is 80.5 Å². The Hall–Kier alpha value is -2.88. The summed E-state index contributed by atoms with van der Waals surface area (Å²) >= 11 is 4.44. The van der Waals surface area contributed by atoms with Gasteiger partial charge in [0.05, 0.1) is 11.5 Å². The van der Waals surface area contributed by atoms with E-state index >= 15 is 0 Å². The summed E-state index contributed by atoms with van der Waals surface area (Å²) in [5, 5.41) is 24.8. The Morgan fingerprint density at radius 1 is 1.00 bits per heavy atom. The lowest BCUT2D eigenvalue weighted by molar-refractivity contribution is -0.118. The highest BCUT2D eigenvalue weighted by atomic mass is 32.2. The third-order valence-corrected chi connectivity index (χ3v) is 7.83. The van der Waals surface area contributed by atoms with E-state index in [1.807, 2.05) is 6.07 Å². The zero-order valence-electron chi connectivity index (χ0n) is 17.2. The van der Waals surface area contributed by atoms with Gasteiger partial charge in [-0.25, -0.2) is 5.43 Å². The van der Waals surface area contributed by atoms with Gasteiger partial charge in [0.15, 0.2) is 8.68 Å². The van der Waals surface area contributed by atoms with Gasteiger partial charge in [-0.3, -0.25) is 4.79 Å². The van der Waals surface area contributed by atoms with Crippen LogP contribution in [-0.4, -0.2) is 32.7 Å². The standard InChI is InChI=1S/C23H20N4O2S3/c1-15(18-10-4-5-12-20(18)28)24-25-21(29)14-31-23-27-26-22(32-23)30-13-17-9-6-8-16-7-2-3-11-19(16)17/h2-12,28H,13-14H2,1H3,(H,25,29)/b24-15+. The second-order valence-electron chi connectivity index (χ2n) is 6.80. The van der Waals surface area contributed by atoms with E-state index in [-0.39, 0.29) is 17.4 Å². The molecule has 4 rings (SSSR count). The number of para-hydroxylation sites is 1. The topological polar surface area (TPSA) is 87.5 Å². The number of phenolic OH excluding ortho intramolecular Hbond substituents is 1. The molecule has 0 saturated heterocycles. The number of hydrazone groups is 1. The Bertz CT molecular complexity index is 1270. The maximum atomic E-state index is 12.1. The lowest BCUT2D eigenvalue weighted by Gasteiger charge is -2.04. The fourth-order valence-electron chi connectivity index (χ4n) is 3.02. The van der Waals surface area contributed by atoms with E-state index in [0.29, 0.717) is 11.3 Å². The van der Waals surface area contributed by atoms with Gasteiger partial charge in [0.2, 0.25) is 0 Å². The lowest BCUT2D eigenvalue weighted by atomic mass is 10.1. The monoisotopic (exact) mass is 480 g/mol. The summed E-state index contributed by atoms with van der Waals surface area (Å²) in [6.45, 7) is 1.73. The highest BCUT2D eigenvalue weighted by Gasteiger charge is 2.10. The number of hydrogen-bond donors (Lipinski definition) is 2. The average molecular weight is 481 g/mol. The molecule has 0 radical (unpaired) electrons. The quantitative estimate of drug-likeness (QED) is 0.202. The van der Waals surface area contributed by atoms with E-state index in [2.05, 4.69) is 57.1 Å². The Morgan fingerprint density at radius 2 is 1.72 bits per heavy atom. The first kappa shape index (κ1) is 22.3. The highest BCUT2D eigenvalue weighted by Crippen LogP contribution is 2.32. The molecule has 6 nitrogen and oxygen atoms in total. The third-order valence-electron chi connectivity index (χ3n) is 4.59. The zero-order chi connectivity index (χ0) is 22.3. The van der Waals surface area contributed by atoms with Crippen molar-refractivity contribution in [2.45, 2.75) is 21.4 Å². The molecular formula is C23H20N4O2S3. The zero-order valence-corrected chi connectivity index (χ0v) is 19.6. The van der Waals surface area contributed by atoms with E-state index in [9.17, 15) is 9.90 Å². The predicted octanol–water partition coefficient (Wildman–Crippen LogP) is 5.32. The summed E-state index contributed by atoms with van der Waals surface area (Å²) in [7, 11) is 0. The molecule has 162 valence electrons. The van der Waals surface area contributed by atoms with Gasteiger partial charge >= 0.3 is 0 Å². The van der Waals surface area contributed by atoms with Crippen LogP contribution in [0.25, 0.3) is 10.8 Å². The first-order valence-corrected chi connectivity index (χ1v) is 12.6. The molecule has 0 fully saturated rings. The number of hydrogen-bond acceptors (Lipinski definition) is 8. The number of nitrogens with zero attached hydrogens (tertiary/aromatic N) is 3. The number of carbonyl (C=O) groups excluding carboxylic acids is 1. The van der Waals surface area contributed by atoms with Gasteiger partial charge < -0.3 is 5.11 Å². The van der Waals surface area contributed by atoms with Crippen LogP contribution in [0.4, 0.5) is 0 Å². The van der Waals surface area contributed by atoms with Gasteiger partial charge in [-0.05, 0) is 35.4 Å². The average Bonchev–Trinajstić information content (AvgIpc) is 3.28. The molecule has 1 heterocycles. The van der Waals surface area contributed by atoms with Crippen LogP contribution in [0.3, 0.4) is 0 Å². The summed E-state index contributed by atoms with van der Waals surface area (Å²) in [5.74, 6) is 0.867. The van der Waals surface area contributed by atoms with E-state index in [1.165, 1.54) is 39.4 Å². The summed E-state index contributed by atoms with van der Waals surface area (Å²) in [6.07, 6.45) is 0. The van der Waals surface area contributed by atoms with Crippen LogP contribution in [0.5, 0.6) is 5.75 Å². The fraction of sp³-hybridized carbons (Fsp3) is 0.130. The number of amides is 1. The van der Waals surface area contributed by atoms with Crippen LogP contribution >= 0.6 is 34.9 Å². The third kappa shape index (κ3) is 5.67. The molecule has 0 spiro atoms. The van der Waals surface area contributed by atoms with Gasteiger partial charge in [0.25, 0.3) is 5.91 Å². The Labute approximate surface area is 198 Å². The number of thioether (sulfide) groups is 2. The van der Waals surface area contributed by atoms with Gasteiger partial charge in [-0.15, -0.1) is 10.2 Å². The normalized spacial score (nSPS) is 11.6. The number of phenols is 1. The molecule has 0 aliphatic rings. The van der Waals surface area contributed by atoms with Crippen molar-refractivity contribution in [1.29, 1.82) is 0 Å². The number of aromatic hydroxyl groups is 1. The van der Waals surface area contributed by atoms with Gasteiger partial charge in [-0.2, -0.15) is 5.10 Å². The molecule has 1 amide bonds. The van der Waals surface area contributed by atoms with Crippen molar-refractivity contribution in [3.05, 3.63) is 77.9 Å². The smallest absolute Gasteiger partial charge is 0.250 e. The Balaban J connectivity index is 1.28. The second-order valence-corrected chi connectivity index (χ2v) is 10.2. The fourth-order valence-corrected chi connectivity index (χ4v) is 5.83. The molecule has 0 atom stereocenters. The second kappa shape index (κ2) is 10.6. The lowest BCUT2D eigenvalue weighted by Crippen LogP contribution is -2.21. The maximum Gasteiger partial charge on any atom is 0.250 e. The van der Waals surface area contributed by atoms with Crippen molar-refractivity contribution in [2.75, 3.05) is 5.75 Å². The largest absolute Gasteiger partial charge is 0.507 e. The van der Waals surface area contributed by atoms with Gasteiger partial charge in [0.1, 0.15) is 5.75 Å². The summed E-state index contributed by atoms with van der Waals surface area (Å²) in [5.41, 5.74) is 4.89. The molecule has 4 aromatic rings. The number of rotatable bonds is 8. The van der Waals surface area contributed by atoms with Crippen LogP contribution in [0.1, 0.15) is 18.1 Å². The SMILES string of the molecule is C/C(=N\NC(=O)CSc1nnc(SCc2cccc3ccccc23)s1)c1ccccc1O. The van der Waals surface area contributed by atoms with Crippen LogP contribution in [-0.2, 0) is 10.5 Å². The minimum Gasteiger partial charge on any atom is -0.507 e. The first-order valence-electron chi connectivity index (χ1n) is 9.77. The van der Waals surface area contributed by atoms with Crippen molar-refractivity contribution < 1.29 is 9.90 Å². The number of fused-ring (bicyclic) bond motifs is 1. The van der Waals surface area contributed by atoms with Crippen molar-refractivity contribution in [3.63, 3.8) is 0 Å².